The number of carbonyl (C=O) groups excluding carboxylic acids is 1. The summed E-state index contributed by atoms with van der Waals surface area (Å²) in [5.74, 6) is -0.367. The number of aromatic amines is 3. The topological polar surface area (TPSA) is 98.6 Å². The first-order chi connectivity index (χ1) is 6.61. The summed E-state index contributed by atoms with van der Waals surface area (Å²) in [6, 6.07) is 0. The molecule has 0 aromatic carbocycles. The molecule has 0 aliphatic rings. The summed E-state index contributed by atoms with van der Waals surface area (Å²) in [7, 11) is 0. The maximum absolute atomic E-state index is 11.6. The van der Waals surface area contributed by atoms with Gasteiger partial charge >= 0.3 is 0 Å². The van der Waals surface area contributed by atoms with Crippen molar-refractivity contribution < 1.29 is 4.79 Å². The number of aromatic nitrogens is 3. The van der Waals surface area contributed by atoms with Crippen LogP contribution in [0.4, 0.5) is 0 Å². The van der Waals surface area contributed by atoms with Crippen LogP contribution in [0.25, 0.3) is 11.0 Å². The molecule has 0 spiro atoms. The highest BCUT2D eigenvalue weighted by molar-refractivity contribution is 5.96. The van der Waals surface area contributed by atoms with Gasteiger partial charge in [0.1, 0.15) is 11.0 Å². The number of nitrogens with one attached hydrogen (secondary N) is 3. The molecule has 0 radical (unpaired) electrons. The fourth-order valence-electron chi connectivity index (χ4n) is 1.29. The van der Waals surface area contributed by atoms with Gasteiger partial charge in [-0.1, -0.05) is 0 Å². The molecule has 2 rings (SSSR count). The van der Waals surface area contributed by atoms with Crippen molar-refractivity contribution in [1.29, 1.82) is 0 Å². The van der Waals surface area contributed by atoms with Crippen molar-refractivity contribution in [2.24, 2.45) is 0 Å². The van der Waals surface area contributed by atoms with Crippen molar-refractivity contribution in [2.45, 2.75) is 6.92 Å². The van der Waals surface area contributed by atoms with Gasteiger partial charge in [-0.15, -0.1) is 0 Å². The number of ketones is 1. The Kier molecular flexibility index (Phi) is 1.63. The molecular formula is C8H7N3O3. The maximum Gasteiger partial charge on any atom is 0.277 e. The third kappa shape index (κ3) is 1.00. The van der Waals surface area contributed by atoms with Crippen LogP contribution in [0, 0.1) is 0 Å². The van der Waals surface area contributed by atoms with Gasteiger partial charge in [0.25, 0.3) is 5.56 Å². The minimum absolute atomic E-state index is 0.0115. The summed E-state index contributed by atoms with van der Waals surface area (Å²) in [6.07, 6.45) is 1.29. The molecule has 2 aromatic rings. The van der Waals surface area contributed by atoms with Crippen LogP contribution >= 0.6 is 0 Å². The molecule has 0 aliphatic heterocycles. The molecule has 6 heteroatoms. The monoisotopic (exact) mass is 193 g/mol. The fraction of sp³-hybridized carbons (Fsp3) is 0.125. The van der Waals surface area contributed by atoms with Crippen molar-refractivity contribution in [3.05, 3.63) is 32.3 Å². The van der Waals surface area contributed by atoms with E-state index in [1.165, 1.54) is 13.1 Å². The molecule has 3 N–H and O–H groups in total. The van der Waals surface area contributed by atoms with Gasteiger partial charge in [-0.05, 0) is 6.92 Å². The highest BCUT2D eigenvalue weighted by Gasteiger charge is 2.12. The Hall–Kier alpha value is -2.11. The predicted molar refractivity (Wildman–Crippen MR) is 49.5 cm³/mol. The van der Waals surface area contributed by atoms with E-state index in [2.05, 4.69) is 15.2 Å². The number of H-pyrrole nitrogens is 3. The van der Waals surface area contributed by atoms with E-state index in [4.69, 9.17) is 0 Å². The molecule has 0 aliphatic carbocycles. The molecule has 2 heterocycles. The van der Waals surface area contributed by atoms with Crippen LogP contribution in [0.15, 0.2) is 15.8 Å². The number of Topliss-reactive ketones (excluding diaryl/α,β-unsaturated/α-hetero) is 1. The van der Waals surface area contributed by atoms with E-state index in [-0.39, 0.29) is 16.7 Å². The zero-order valence-corrected chi connectivity index (χ0v) is 7.30. The standard InChI is InChI=1S/C8H7N3O3/c1-3(12)4-2-9-7-5(6(4)13)8(14)11-10-7/h2H,1H3,(H3,9,10,11,13,14). The highest BCUT2D eigenvalue weighted by Crippen LogP contribution is 1.99. The van der Waals surface area contributed by atoms with Gasteiger partial charge in [-0.2, -0.15) is 0 Å². The minimum atomic E-state index is -0.547. The minimum Gasteiger partial charge on any atom is -0.345 e. The van der Waals surface area contributed by atoms with E-state index >= 15 is 0 Å². The summed E-state index contributed by atoms with van der Waals surface area (Å²) >= 11 is 0. The van der Waals surface area contributed by atoms with E-state index in [0.29, 0.717) is 5.65 Å². The van der Waals surface area contributed by atoms with Crippen molar-refractivity contribution in [1.82, 2.24) is 15.2 Å². The number of hydrogen-bond acceptors (Lipinski definition) is 3. The molecule has 0 atom stereocenters. The van der Waals surface area contributed by atoms with Crippen LogP contribution in [0.3, 0.4) is 0 Å². The quantitative estimate of drug-likeness (QED) is 0.544. The SMILES string of the molecule is CC(=O)c1c[nH]c2[nH][nH]c(=O)c2c1=O. The molecule has 14 heavy (non-hydrogen) atoms. The summed E-state index contributed by atoms with van der Waals surface area (Å²) in [4.78, 5) is 36.4. The number of fused-ring (bicyclic) bond motifs is 1. The fourth-order valence-corrected chi connectivity index (χ4v) is 1.29. The first-order valence-corrected chi connectivity index (χ1v) is 3.94. The Labute approximate surface area is 76.9 Å². The summed E-state index contributed by atoms with van der Waals surface area (Å²) in [5, 5.41) is 4.71. The normalized spacial score (nSPS) is 10.6. The van der Waals surface area contributed by atoms with Crippen LogP contribution in [-0.4, -0.2) is 21.0 Å². The van der Waals surface area contributed by atoms with E-state index in [9.17, 15) is 14.4 Å². The van der Waals surface area contributed by atoms with E-state index in [1.807, 2.05) is 0 Å². The lowest BCUT2D eigenvalue weighted by molar-refractivity contribution is 0.101. The molecule has 0 bridgehead atoms. The molecule has 2 aromatic heterocycles. The molecular weight excluding hydrogens is 186 g/mol. The molecule has 0 unspecified atom stereocenters. The molecule has 0 saturated heterocycles. The number of hydrogen-bond donors (Lipinski definition) is 3. The van der Waals surface area contributed by atoms with Crippen LogP contribution in [0.1, 0.15) is 17.3 Å². The zero-order valence-electron chi connectivity index (χ0n) is 7.30. The third-order valence-electron chi connectivity index (χ3n) is 1.99. The first-order valence-electron chi connectivity index (χ1n) is 3.94. The van der Waals surface area contributed by atoms with E-state index in [0.717, 1.165) is 0 Å². The maximum atomic E-state index is 11.6. The van der Waals surface area contributed by atoms with Crippen molar-refractivity contribution in [3.63, 3.8) is 0 Å². The zero-order chi connectivity index (χ0) is 10.3. The van der Waals surface area contributed by atoms with Gasteiger partial charge in [0, 0.05) is 6.20 Å². The van der Waals surface area contributed by atoms with Crippen LogP contribution in [-0.2, 0) is 0 Å². The molecule has 0 saturated carbocycles. The van der Waals surface area contributed by atoms with E-state index in [1.54, 1.807) is 0 Å². The van der Waals surface area contributed by atoms with E-state index < -0.39 is 11.0 Å². The number of rotatable bonds is 1. The third-order valence-corrected chi connectivity index (χ3v) is 1.99. The second-order valence-electron chi connectivity index (χ2n) is 2.92. The second kappa shape index (κ2) is 2.69. The van der Waals surface area contributed by atoms with Gasteiger partial charge in [-0.25, -0.2) is 0 Å². The number of pyridine rings is 1. The van der Waals surface area contributed by atoms with Gasteiger partial charge < -0.3 is 4.98 Å². The average Bonchev–Trinajstić information content (AvgIpc) is 2.48. The Morgan fingerprint density at radius 2 is 2.00 bits per heavy atom. The smallest absolute Gasteiger partial charge is 0.277 e. The molecule has 0 fully saturated rings. The van der Waals surface area contributed by atoms with Gasteiger partial charge in [0.05, 0.1) is 5.56 Å². The van der Waals surface area contributed by atoms with Gasteiger partial charge in [0.2, 0.25) is 5.43 Å². The average molecular weight is 193 g/mol. The Morgan fingerprint density at radius 1 is 1.29 bits per heavy atom. The van der Waals surface area contributed by atoms with Crippen molar-refractivity contribution >= 4 is 16.8 Å². The predicted octanol–water partition coefficient (Wildman–Crippen LogP) is -0.253. The first kappa shape index (κ1) is 8.49. The number of carbonyl (C=O) groups is 1. The molecule has 0 amide bonds. The summed E-state index contributed by atoms with van der Waals surface area (Å²) < 4.78 is 0. The molecule has 72 valence electrons. The summed E-state index contributed by atoms with van der Waals surface area (Å²) in [6.45, 7) is 1.28. The second-order valence-corrected chi connectivity index (χ2v) is 2.92. The van der Waals surface area contributed by atoms with Gasteiger partial charge in [-0.3, -0.25) is 24.6 Å². The lowest BCUT2D eigenvalue weighted by Crippen LogP contribution is -2.17. The van der Waals surface area contributed by atoms with Crippen molar-refractivity contribution in [2.75, 3.05) is 0 Å². The summed E-state index contributed by atoms with van der Waals surface area (Å²) in [5.41, 5.74) is -0.786. The molecule has 6 nitrogen and oxygen atoms in total. The van der Waals surface area contributed by atoms with Gasteiger partial charge in [0.15, 0.2) is 5.78 Å². The lowest BCUT2D eigenvalue weighted by Gasteiger charge is -1.93. The Balaban J connectivity index is 3.01. The van der Waals surface area contributed by atoms with Crippen molar-refractivity contribution in [3.8, 4) is 0 Å². The van der Waals surface area contributed by atoms with Crippen LogP contribution in [0.2, 0.25) is 0 Å². The largest absolute Gasteiger partial charge is 0.345 e. The Bertz CT molecular complexity index is 617. The highest BCUT2D eigenvalue weighted by atomic mass is 16.1. The Morgan fingerprint density at radius 3 is 2.64 bits per heavy atom. The van der Waals surface area contributed by atoms with Crippen LogP contribution in [0.5, 0.6) is 0 Å². The lowest BCUT2D eigenvalue weighted by atomic mass is 10.2. The van der Waals surface area contributed by atoms with Crippen LogP contribution < -0.4 is 11.0 Å².